The fraction of sp³-hybridized carbons (Fsp3) is 0. The van der Waals surface area contributed by atoms with Crippen LogP contribution in [0.3, 0.4) is 0 Å². The third-order valence-electron chi connectivity index (χ3n) is 3.23. The highest BCUT2D eigenvalue weighted by molar-refractivity contribution is 8.26. The molecule has 0 saturated carbocycles. The molecule has 0 spiro atoms. The molecule has 9 heteroatoms. The number of carbonyl (C=O) groups is 1. The van der Waals surface area contributed by atoms with Crippen molar-refractivity contribution in [1.29, 1.82) is 0 Å². The summed E-state index contributed by atoms with van der Waals surface area (Å²) < 4.78 is 37.7. The lowest BCUT2D eigenvalue weighted by Crippen LogP contribution is -2.44. The second-order valence-corrected chi connectivity index (χ2v) is 8.31. The topological polar surface area (TPSA) is 66.5 Å². The Bertz CT molecular complexity index is 958. The molecule has 0 aliphatic carbocycles. The summed E-state index contributed by atoms with van der Waals surface area (Å²) >= 11 is 6.05. The number of sulfonamides is 1. The van der Waals surface area contributed by atoms with Gasteiger partial charge in [-0.3, -0.25) is 4.79 Å². The van der Waals surface area contributed by atoms with Gasteiger partial charge in [-0.1, -0.05) is 54.3 Å². The molecule has 128 valence electrons. The largest absolute Gasteiger partial charge is 0.281 e. The van der Waals surface area contributed by atoms with Crippen molar-refractivity contribution in [1.82, 2.24) is 9.84 Å². The van der Waals surface area contributed by atoms with Gasteiger partial charge in [-0.25, -0.2) is 17.8 Å². The Morgan fingerprint density at radius 2 is 1.72 bits per heavy atom. The van der Waals surface area contributed by atoms with E-state index in [-0.39, 0.29) is 19.9 Å². The zero-order chi connectivity index (χ0) is 18.0. The molecule has 1 fully saturated rings. The highest BCUT2D eigenvalue weighted by atomic mass is 32.2. The quantitative estimate of drug-likeness (QED) is 0.638. The van der Waals surface area contributed by atoms with Crippen molar-refractivity contribution in [3.05, 3.63) is 70.9 Å². The molecule has 2 aromatic rings. The first-order valence-electron chi connectivity index (χ1n) is 6.98. The van der Waals surface area contributed by atoms with Gasteiger partial charge in [0.1, 0.15) is 5.82 Å². The van der Waals surface area contributed by atoms with Gasteiger partial charge in [0.2, 0.25) is 0 Å². The monoisotopic (exact) mass is 394 g/mol. The number of rotatable bonds is 4. The summed E-state index contributed by atoms with van der Waals surface area (Å²) in [6.07, 6.45) is 1.52. The number of amides is 1. The Morgan fingerprint density at radius 1 is 1.08 bits per heavy atom. The Morgan fingerprint density at radius 3 is 2.36 bits per heavy atom. The predicted molar refractivity (Wildman–Crippen MR) is 98.2 cm³/mol. The second-order valence-electron chi connectivity index (χ2n) is 4.98. The van der Waals surface area contributed by atoms with E-state index in [0.29, 0.717) is 5.56 Å². The van der Waals surface area contributed by atoms with Gasteiger partial charge >= 0.3 is 0 Å². The normalized spacial score (nSPS) is 16.7. The van der Waals surface area contributed by atoms with Crippen LogP contribution < -0.4 is 4.83 Å². The van der Waals surface area contributed by atoms with Crippen LogP contribution in [0.2, 0.25) is 0 Å². The number of hydrogen-bond donors (Lipinski definition) is 1. The molecule has 3 rings (SSSR count). The van der Waals surface area contributed by atoms with Crippen LogP contribution in [-0.2, 0) is 14.8 Å². The number of halogens is 1. The van der Waals surface area contributed by atoms with Crippen molar-refractivity contribution in [2.75, 3.05) is 0 Å². The molecule has 1 aliphatic rings. The van der Waals surface area contributed by atoms with Gasteiger partial charge in [-0.15, -0.1) is 4.83 Å². The van der Waals surface area contributed by atoms with Crippen LogP contribution in [0.15, 0.2) is 64.4 Å². The number of hydrazine groups is 1. The molecule has 0 aromatic heterocycles. The third kappa shape index (κ3) is 3.96. The Balaban J connectivity index is 1.83. The zero-order valence-electron chi connectivity index (χ0n) is 12.5. The van der Waals surface area contributed by atoms with E-state index in [0.717, 1.165) is 16.8 Å². The summed E-state index contributed by atoms with van der Waals surface area (Å²) in [5.74, 6) is -0.973. The smallest absolute Gasteiger partial charge is 0.267 e. The molecule has 0 atom stereocenters. The highest BCUT2D eigenvalue weighted by Gasteiger charge is 2.35. The van der Waals surface area contributed by atoms with Gasteiger partial charge in [-0.2, -0.15) is 0 Å². The minimum atomic E-state index is -3.93. The number of benzene rings is 2. The summed E-state index contributed by atoms with van der Waals surface area (Å²) in [7, 11) is -3.93. The molecule has 5 nitrogen and oxygen atoms in total. The van der Waals surface area contributed by atoms with Gasteiger partial charge in [0.25, 0.3) is 15.9 Å². The lowest BCUT2D eigenvalue weighted by atomic mass is 10.2. The van der Waals surface area contributed by atoms with Crippen molar-refractivity contribution in [3.63, 3.8) is 0 Å². The van der Waals surface area contributed by atoms with E-state index in [4.69, 9.17) is 12.2 Å². The molecule has 1 saturated heterocycles. The van der Waals surface area contributed by atoms with Crippen LogP contribution in [-0.4, -0.2) is 23.7 Å². The first-order chi connectivity index (χ1) is 11.9. The summed E-state index contributed by atoms with van der Waals surface area (Å²) in [6, 6.07) is 13.2. The van der Waals surface area contributed by atoms with E-state index in [1.165, 1.54) is 42.5 Å². The number of thioether (sulfide) groups is 1. The van der Waals surface area contributed by atoms with E-state index in [2.05, 4.69) is 4.83 Å². The molecule has 2 aromatic carbocycles. The molecule has 1 amide bonds. The van der Waals surface area contributed by atoms with Gasteiger partial charge < -0.3 is 0 Å². The first-order valence-corrected chi connectivity index (χ1v) is 9.69. The van der Waals surface area contributed by atoms with E-state index in [1.807, 2.05) is 0 Å². The van der Waals surface area contributed by atoms with Gasteiger partial charge in [0.05, 0.1) is 9.80 Å². The van der Waals surface area contributed by atoms with Crippen LogP contribution in [0.4, 0.5) is 4.39 Å². The predicted octanol–water partition coefficient (Wildman–Crippen LogP) is 2.92. The summed E-state index contributed by atoms with van der Waals surface area (Å²) in [5, 5.41) is 0.817. The van der Waals surface area contributed by atoms with Crippen LogP contribution >= 0.6 is 24.0 Å². The Labute approximate surface area is 153 Å². The number of nitrogens with one attached hydrogen (secondary N) is 1. The number of carbonyl (C=O) groups excluding carboxylic acids is 1. The van der Waals surface area contributed by atoms with Crippen LogP contribution in [0.25, 0.3) is 6.08 Å². The van der Waals surface area contributed by atoms with Crippen molar-refractivity contribution in [2.24, 2.45) is 0 Å². The van der Waals surface area contributed by atoms with Crippen molar-refractivity contribution in [2.45, 2.75) is 4.90 Å². The number of nitrogens with zero attached hydrogens (tertiary/aromatic N) is 1. The SMILES string of the molecule is O=C1/C(=C\c2ccc(F)cc2)SC(=S)N1NS(=O)(=O)c1ccccc1. The lowest BCUT2D eigenvalue weighted by molar-refractivity contribution is -0.123. The average Bonchev–Trinajstić information content (AvgIpc) is 2.85. The first kappa shape index (κ1) is 17.7. The van der Waals surface area contributed by atoms with Gasteiger partial charge in [0, 0.05) is 0 Å². The van der Waals surface area contributed by atoms with E-state index in [1.54, 1.807) is 18.2 Å². The van der Waals surface area contributed by atoms with E-state index in [9.17, 15) is 17.6 Å². The third-order valence-corrected chi connectivity index (χ3v) is 5.84. The number of thiocarbonyl (C=S) groups is 1. The Kier molecular flexibility index (Phi) is 5.00. The van der Waals surface area contributed by atoms with Crippen molar-refractivity contribution >= 4 is 50.3 Å². The van der Waals surface area contributed by atoms with Crippen molar-refractivity contribution in [3.8, 4) is 0 Å². The summed E-state index contributed by atoms with van der Waals surface area (Å²) in [6.45, 7) is 0. The molecule has 1 heterocycles. The van der Waals surface area contributed by atoms with Gasteiger partial charge in [-0.05, 0) is 35.9 Å². The molecule has 0 unspecified atom stereocenters. The van der Waals surface area contributed by atoms with Crippen LogP contribution in [0, 0.1) is 5.82 Å². The molecule has 25 heavy (non-hydrogen) atoms. The fourth-order valence-electron chi connectivity index (χ4n) is 2.03. The minimum absolute atomic E-state index is 0.0200. The highest BCUT2D eigenvalue weighted by Crippen LogP contribution is 2.32. The maximum atomic E-state index is 12.9. The van der Waals surface area contributed by atoms with Gasteiger partial charge in [0.15, 0.2) is 4.32 Å². The van der Waals surface area contributed by atoms with Crippen LogP contribution in [0.5, 0.6) is 0 Å². The number of hydrogen-bond acceptors (Lipinski definition) is 5. The molecule has 0 bridgehead atoms. The standard InChI is InChI=1S/C16H11FN2O3S3/c17-12-8-6-11(7-9-12)10-14-15(20)19(16(23)24-14)18-25(21,22)13-4-2-1-3-5-13/h1-10,18H/b14-10+. The minimum Gasteiger partial charge on any atom is -0.267 e. The zero-order valence-corrected chi connectivity index (χ0v) is 15.0. The van der Waals surface area contributed by atoms with Crippen LogP contribution in [0.1, 0.15) is 5.56 Å². The molecule has 1 N–H and O–H groups in total. The summed E-state index contributed by atoms with van der Waals surface area (Å²) in [4.78, 5) is 14.9. The maximum Gasteiger partial charge on any atom is 0.281 e. The van der Waals surface area contributed by atoms with Crippen molar-refractivity contribution < 1.29 is 17.6 Å². The maximum absolute atomic E-state index is 12.9. The average molecular weight is 394 g/mol. The summed E-state index contributed by atoms with van der Waals surface area (Å²) in [5.41, 5.74) is 0.604. The molecular formula is C16H11FN2O3S3. The molecule has 1 aliphatic heterocycles. The second kappa shape index (κ2) is 7.04. The molecular weight excluding hydrogens is 383 g/mol. The van der Waals surface area contributed by atoms with E-state index < -0.39 is 15.9 Å². The van der Waals surface area contributed by atoms with E-state index >= 15 is 0 Å². The fourth-order valence-corrected chi connectivity index (χ4v) is 4.36. The molecule has 0 radical (unpaired) electrons. The lowest BCUT2D eigenvalue weighted by Gasteiger charge is -2.15. The Hall–Kier alpha value is -2.07.